The van der Waals surface area contributed by atoms with E-state index in [4.69, 9.17) is 0 Å². The molecule has 0 aliphatic carbocycles. The number of hydrogen-bond donors (Lipinski definition) is 0. The summed E-state index contributed by atoms with van der Waals surface area (Å²) in [6.07, 6.45) is 3.39. The number of likely N-dealkylation sites (tertiary alicyclic amines) is 1. The summed E-state index contributed by atoms with van der Waals surface area (Å²) in [6, 6.07) is 1.39. The first-order valence-electron chi connectivity index (χ1n) is 11.8. The van der Waals surface area contributed by atoms with Crippen molar-refractivity contribution in [2.75, 3.05) is 24.5 Å². The Kier molecular flexibility index (Phi) is 6.02. The van der Waals surface area contributed by atoms with Crippen molar-refractivity contribution in [2.24, 2.45) is 5.92 Å². The van der Waals surface area contributed by atoms with Crippen LogP contribution in [0.3, 0.4) is 0 Å². The van der Waals surface area contributed by atoms with Crippen LogP contribution in [-0.4, -0.2) is 63.0 Å². The zero-order valence-corrected chi connectivity index (χ0v) is 19.3. The van der Waals surface area contributed by atoms with E-state index in [1.807, 2.05) is 11.8 Å². The van der Waals surface area contributed by atoms with Crippen molar-refractivity contribution in [1.29, 1.82) is 0 Å². The lowest BCUT2D eigenvalue weighted by Crippen LogP contribution is -2.46. The van der Waals surface area contributed by atoms with Crippen molar-refractivity contribution in [1.82, 2.24) is 19.6 Å². The zero-order chi connectivity index (χ0) is 24.9. The van der Waals surface area contributed by atoms with Crippen molar-refractivity contribution in [3.05, 3.63) is 47.0 Å². The minimum absolute atomic E-state index is 0.00331. The second kappa shape index (κ2) is 9.01. The smallest absolute Gasteiger partial charge is 0.228 e. The van der Waals surface area contributed by atoms with E-state index >= 15 is 0 Å². The molecule has 0 spiro atoms. The van der Waals surface area contributed by atoms with E-state index in [2.05, 4.69) is 5.10 Å². The van der Waals surface area contributed by atoms with E-state index in [1.54, 1.807) is 20.7 Å². The van der Waals surface area contributed by atoms with Gasteiger partial charge in [0.2, 0.25) is 17.7 Å². The van der Waals surface area contributed by atoms with Gasteiger partial charge in [-0.15, -0.1) is 0 Å². The van der Waals surface area contributed by atoms with Crippen molar-refractivity contribution >= 4 is 23.4 Å². The minimum Gasteiger partial charge on any atom is -0.342 e. The lowest BCUT2D eigenvalue weighted by molar-refractivity contribution is -0.135. The molecule has 2 saturated heterocycles. The number of halogens is 3. The number of benzene rings is 1. The third kappa shape index (κ3) is 4.28. The standard InChI is InChI=1S/C24H26F3N5O3/c1-14-11-32-20(13-30(14)21(33)8-15-6-17(25)23(27)18(26)7-15)19(10-28-32)31-12-16(9-22(31)34)24(35)29-4-2-3-5-29/h6-7,10,14,16H,2-5,8-9,11-13H2,1H3/t14-,16?/m0/s1. The predicted molar refractivity (Wildman–Crippen MR) is 119 cm³/mol. The zero-order valence-electron chi connectivity index (χ0n) is 19.3. The van der Waals surface area contributed by atoms with Crippen LogP contribution in [0.1, 0.15) is 37.4 Å². The molecule has 0 saturated carbocycles. The molecule has 5 rings (SSSR count). The Balaban J connectivity index is 1.32. The highest BCUT2D eigenvalue weighted by atomic mass is 19.2. The van der Waals surface area contributed by atoms with Crippen molar-refractivity contribution in [3.63, 3.8) is 0 Å². The van der Waals surface area contributed by atoms with Crippen molar-refractivity contribution < 1.29 is 27.6 Å². The van der Waals surface area contributed by atoms with E-state index < -0.39 is 23.4 Å². The summed E-state index contributed by atoms with van der Waals surface area (Å²) in [5.74, 6) is -5.19. The molecule has 3 aliphatic heterocycles. The van der Waals surface area contributed by atoms with Crippen molar-refractivity contribution in [2.45, 2.75) is 51.7 Å². The van der Waals surface area contributed by atoms with Gasteiger partial charge in [-0.3, -0.25) is 19.1 Å². The van der Waals surface area contributed by atoms with Crippen molar-refractivity contribution in [3.8, 4) is 0 Å². The maximum Gasteiger partial charge on any atom is 0.228 e. The molecule has 0 N–H and O–H groups in total. The third-order valence-corrected chi connectivity index (χ3v) is 7.12. The monoisotopic (exact) mass is 489 g/mol. The summed E-state index contributed by atoms with van der Waals surface area (Å²) in [6.45, 7) is 4.08. The Labute approximate surface area is 200 Å². The summed E-state index contributed by atoms with van der Waals surface area (Å²) in [7, 11) is 0. The predicted octanol–water partition coefficient (Wildman–Crippen LogP) is 2.25. The quantitative estimate of drug-likeness (QED) is 0.618. The van der Waals surface area contributed by atoms with Crippen LogP contribution in [-0.2, 0) is 33.9 Å². The maximum absolute atomic E-state index is 13.6. The van der Waals surface area contributed by atoms with Gasteiger partial charge >= 0.3 is 0 Å². The SMILES string of the molecule is C[C@H]1Cn2ncc(N3CC(C(=O)N4CCCC4)CC3=O)c2CN1C(=O)Cc1cc(F)c(F)c(F)c1. The van der Waals surface area contributed by atoms with E-state index in [0.717, 1.165) is 38.1 Å². The fourth-order valence-electron chi connectivity index (χ4n) is 5.23. The number of carbonyl (C=O) groups is 3. The van der Waals surface area contributed by atoms with Gasteiger partial charge in [0, 0.05) is 32.1 Å². The molecular formula is C24H26F3N5O3. The van der Waals surface area contributed by atoms with E-state index in [9.17, 15) is 27.6 Å². The molecule has 1 aromatic heterocycles. The van der Waals surface area contributed by atoms with Gasteiger partial charge in [-0.05, 0) is 37.5 Å². The highest BCUT2D eigenvalue weighted by Gasteiger charge is 2.40. The lowest BCUT2D eigenvalue weighted by Gasteiger charge is -2.35. The molecule has 1 aromatic carbocycles. The molecule has 1 unspecified atom stereocenters. The number of amides is 3. The summed E-state index contributed by atoms with van der Waals surface area (Å²) in [4.78, 5) is 43.6. The van der Waals surface area contributed by atoms with Crippen LogP contribution in [0.2, 0.25) is 0 Å². The summed E-state index contributed by atoms with van der Waals surface area (Å²) in [5, 5.41) is 4.39. The van der Waals surface area contributed by atoms with Crippen LogP contribution in [0, 0.1) is 23.4 Å². The number of carbonyl (C=O) groups excluding carboxylic acids is 3. The molecule has 8 nitrogen and oxygen atoms in total. The van der Waals surface area contributed by atoms with Crippen LogP contribution in [0.4, 0.5) is 18.9 Å². The van der Waals surface area contributed by atoms with Crippen LogP contribution in [0.5, 0.6) is 0 Å². The largest absolute Gasteiger partial charge is 0.342 e. The van der Waals surface area contributed by atoms with E-state index in [-0.39, 0.29) is 55.3 Å². The van der Waals surface area contributed by atoms with Crippen LogP contribution in [0.25, 0.3) is 0 Å². The van der Waals surface area contributed by atoms with Gasteiger partial charge in [-0.25, -0.2) is 13.2 Å². The number of nitrogens with zero attached hydrogens (tertiary/aromatic N) is 5. The van der Waals surface area contributed by atoms with Gasteiger partial charge in [-0.1, -0.05) is 0 Å². The molecule has 3 amide bonds. The molecular weight excluding hydrogens is 463 g/mol. The highest BCUT2D eigenvalue weighted by molar-refractivity contribution is 6.00. The van der Waals surface area contributed by atoms with Gasteiger partial charge in [0.05, 0.1) is 43.0 Å². The maximum atomic E-state index is 13.6. The van der Waals surface area contributed by atoms with Gasteiger partial charge in [0.15, 0.2) is 17.5 Å². The molecule has 2 aromatic rings. The lowest BCUT2D eigenvalue weighted by atomic mass is 10.1. The molecule has 186 valence electrons. The van der Waals surface area contributed by atoms with E-state index in [1.165, 1.54) is 0 Å². The number of fused-ring (bicyclic) bond motifs is 1. The normalized spacial score (nSPS) is 22.2. The first kappa shape index (κ1) is 23.4. The number of rotatable bonds is 4. The first-order valence-corrected chi connectivity index (χ1v) is 11.8. The number of anilines is 1. The first-order chi connectivity index (χ1) is 16.7. The number of aromatic nitrogens is 2. The summed E-state index contributed by atoms with van der Waals surface area (Å²) >= 11 is 0. The summed E-state index contributed by atoms with van der Waals surface area (Å²) < 4.78 is 42.2. The third-order valence-electron chi connectivity index (χ3n) is 7.12. The Morgan fingerprint density at radius 2 is 1.77 bits per heavy atom. The van der Waals surface area contributed by atoms with Crippen LogP contribution < -0.4 is 4.90 Å². The molecule has 2 atom stereocenters. The Bertz CT molecular complexity index is 1170. The molecule has 11 heteroatoms. The Hall–Kier alpha value is -3.37. The minimum atomic E-state index is -1.57. The van der Waals surface area contributed by atoms with Gasteiger partial charge < -0.3 is 14.7 Å². The second-order valence-corrected chi connectivity index (χ2v) is 9.52. The second-order valence-electron chi connectivity index (χ2n) is 9.52. The van der Waals surface area contributed by atoms with E-state index in [0.29, 0.717) is 17.9 Å². The molecule has 0 bridgehead atoms. The molecule has 4 heterocycles. The van der Waals surface area contributed by atoms with Crippen LogP contribution in [0.15, 0.2) is 18.3 Å². The highest BCUT2D eigenvalue weighted by Crippen LogP contribution is 2.33. The molecule has 3 aliphatic rings. The summed E-state index contributed by atoms with van der Waals surface area (Å²) in [5.41, 5.74) is 1.27. The van der Waals surface area contributed by atoms with Gasteiger partial charge in [-0.2, -0.15) is 5.10 Å². The Morgan fingerprint density at radius 1 is 1.09 bits per heavy atom. The molecule has 0 radical (unpaired) electrons. The molecule has 2 fully saturated rings. The average molecular weight is 489 g/mol. The number of hydrogen-bond acceptors (Lipinski definition) is 4. The topological polar surface area (TPSA) is 78.8 Å². The average Bonchev–Trinajstić information content (AvgIpc) is 3.56. The van der Waals surface area contributed by atoms with Crippen LogP contribution >= 0.6 is 0 Å². The fourth-order valence-corrected chi connectivity index (χ4v) is 5.23. The van der Waals surface area contributed by atoms with Gasteiger partial charge in [0.25, 0.3) is 0 Å². The van der Waals surface area contributed by atoms with Gasteiger partial charge in [0.1, 0.15) is 0 Å². The fraction of sp³-hybridized carbons (Fsp3) is 0.500. The molecule has 35 heavy (non-hydrogen) atoms. The Morgan fingerprint density at radius 3 is 2.46 bits per heavy atom.